The third-order valence-electron chi connectivity index (χ3n) is 8.60. The lowest BCUT2D eigenvalue weighted by Gasteiger charge is -2.46. The van der Waals surface area contributed by atoms with Crippen LogP contribution in [0.25, 0.3) is 10.8 Å². The summed E-state index contributed by atoms with van der Waals surface area (Å²) in [5.74, 6) is -2.76. The number of hydrogen-bond donors (Lipinski definition) is 3. The van der Waals surface area contributed by atoms with Gasteiger partial charge in [-0.1, -0.05) is 74.9 Å². The Morgan fingerprint density at radius 1 is 0.978 bits per heavy atom. The first-order chi connectivity index (χ1) is 21.3. The summed E-state index contributed by atoms with van der Waals surface area (Å²) in [4.78, 5) is 57.0. The standard InChI is InChI=1S/C35H44FN5O4/c1-5-8-29-33(44)41(30(22(2)31(37)42)21-24-11-14-25-9-6-7-10-26(25)19-24)18-17-40(29)32(43)28(39-34(45)35(3,4)38)20-23-12-15-27(36)16-13-23/h6-7,9-16,19,22,28-30H,5,8,17-18,20-21,38H2,1-4H3,(H2,37,42)(H,39,45). The zero-order chi connectivity index (χ0) is 32.9. The van der Waals surface area contributed by atoms with E-state index in [0.29, 0.717) is 24.8 Å². The number of hydrogen-bond acceptors (Lipinski definition) is 5. The van der Waals surface area contributed by atoms with Gasteiger partial charge in [-0.3, -0.25) is 19.2 Å². The van der Waals surface area contributed by atoms with Crippen LogP contribution in [-0.4, -0.2) is 70.2 Å². The lowest BCUT2D eigenvalue weighted by Crippen LogP contribution is -2.66. The molecule has 4 atom stereocenters. The van der Waals surface area contributed by atoms with E-state index in [1.54, 1.807) is 37.8 Å². The molecule has 10 heteroatoms. The molecule has 0 saturated carbocycles. The Bertz CT molecular complexity index is 1540. The molecule has 0 spiro atoms. The molecule has 5 N–H and O–H groups in total. The van der Waals surface area contributed by atoms with E-state index in [9.17, 15) is 23.6 Å². The minimum absolute atomic E-state index is 0.0947. The van der Waals surface area contributed by atoms with Gasteiger partial charge >= 0.3 is 0 Å². The van der Waals surface area contributed by atoms with Gasteiger partial charge in [-0.05, 0) is 60.7 Å². The molecule has 0 aromatic heterocycles. The maximum atomic E-state index is 14.2. The van der Waals surface area contributed by atoms with Crippen LogP contribution in [0.15, 0.2) is 66.7 Å². The Kier molecular flexibility index (Phi) is 10.6. The second-order valence-corrected chi connectivity index (χ2v) is 12.6. The minimum Gasteiger partial charge on any atom is -0.369 e. The second-order valence-electron chi connectivity index (χ2n) is 12.6. The highest BCUT2D eigenvalue weighted by Crippen LogP contribution is 2.26. The molecule has 1 saturated heterocycles. The van der Waals surface area contributed by atoms with Crippen molar-refractivity contribution in [1.29, 1.82) is 0 Å². The Morgan fingerprint density at radius 2 is 1.62 bits per heavy atom. The molecule has 1 heterocycles. The van der Waals surface area contributed by atoms with Gasteiger partial charge in [0, 0.05) is 25.6 Å². The number of nitrogens with two attached hydrogens (primary N) is 2. The first kappa shape index (κ1) is 33.6. The molecule has 240 valence electrons. The van der Waals surface area contributed by atoms with E-state index in [1.807, 2.05) is 43.3 Å². The molecule has 1 aliphatic heterocycles. The van der Waals surface area contributed by atoms with Crippen LogP contribution in [0.5, 0.6) is 0 Å². The molecule has 9 nitrogen and oxygen atoms in total. The number of amides is 4. The van der Waals surface area contributed by atoms with Crippen molar-refractivity contribution < 1.29 is 23.6 Å². The van der Waals surface area contributed by atoms with Crippen LogP contribution in [0.3, 0.4) is 0 Å². The van der Waals surface area contributed by atoms with Crippen LogP contribution in [0.4, 0.5) is 4.39 Å². The first-order valence-corrected chi connectivity index (χ1v) is 15.5. The van der Waals surface area contributed by atoms with Crippen LogP contribution in [0.2, 0.25) is 0 Å². The molecule has 1 aliphatic rings. The number of benzene rings is 3. The third-order valence-corrected chi connectivity index (χ3v) is 8.60. The average Bonchev–Trinajstić information content (AvgIpc) is 3.00. The van der Waals surface area contributed by atoms with E-state index < -0.39 is 53.1 Å². The highest BCUT2D eigenvalue weighted by Gasteiger charge is 2.43. The number of carbonyl (C=O) groups is 4. The van der Waals surface area contributed by atoms with Crippen molar-refractivity contribution in [2.24, 2.45) is 17.4 Å². The zero-order valence-corrected chi connectivity index (χ0v) is 26.5. The van der Waals surface area contributed by atoms with Gasteiger partial charge in [-0.15, -0.1) is 0 Å². The van der Waals surface area contributed by atoms with Crippen molar-refractivity contribution in [3.63, 3.8) is 0 Å². The van der Waals surface area contributed by atoms with Crippen LogP contribution in [0.1, 0.15) is 51.7 Å². The number of halogens is 1. The minimum atomic E-state index is -1.25. The normalized spacial score (nSPS) is 17.6. The molecule has 3 aromatic carbocycles. The molecule has 45 heavy (non-hydrogen) atoms. The molecule has 4 rings (SSSR count). The predicted molar refractivity (Wildman–Crippen MR) is 172 cm³/mol. The van der Waals surface area contributed by atoms with Crippen molar-refractivity contribution in [2.75, 3.05) is 13.1 Å². The Labute approximate surface area is 264 Å². The molecule has 4 amide bonds. The van der Waals surface area contributed by atoms with E-state index in [4.69, 9.17) is 11.5 Å². The Morgan fingerprint density at radius 3 is 2.24 bits per heavy atom. The SMILES string of the molecule is CCCC1C(=O)N(C(Cc2ccc3ccccc3c2)C(C)C(N)=O)CCN1C(=O)C(Cc1ccc(F)cc1)NC(=O)C(C)(C)N. The first-order valence-electron chi connectivity index (χ1n) is 15.5. The summed E-state index contributed by atoms with van der Waals surface area (Å²) in [6.45, 7) is 7.15. The van der Waals surface area contributed by atoms with Crippen LogP contribution in [-0.2, 0) is 32.0 Å². The number of piperazine rings is 1. The molecule has 0 bridgehead atoms. The van der Waals surface area contributed by atoms with Gasteiger partial charge in [0.25, 0.3) is 0 Å². The third kappa shape index (κ3) is 8.05. The fourth-order valence-electron chi connectivity index (χ4n) is 5.91. The summed E-state index contributed by atoms with van der Waals surface area (Å²) < 4.78 is 13.6. The van der Waals surface area contributed by atoms with Gasteiger partial charge in [0.05, 0.1) is 11.5 Å². The molecule has 0 aliphatic carbocycles. The van der Waals surface area contributed by atoms with Gasteiger partial charge in [0.15, 0.2) is 0 Å². The van der Waals surface area contributed by atoms with E-state index in [-0.39, 0.29) is 25.4 Å². The number of primary amides is 1. The molecule has 1 fully saturated rings. The van der Waals surface area contributed by atoms with Crippen molar-refractivity contribution in [3.8, 4) is 0 Å². The quantitative estimate of drug-likeness (QED) is 0.286. The topological polar surface area (TPSA) is 139 Å². The molecular weight excluding hydrogens is 573 g/mol. The van der Waals surface area contributed by atoms with Crippen LogP contribution >= 0.6 is 0 Å². The number of nitrogens with one attached hydrogen (secondary N) is 1. The highest BCUT2D eigenvalue weighted by atomic mass is 19.1. The monoisotopic (exact) mass is 617 g/mol. The average molecular weight is 618 g/mol. The smallest absolute Gasteiger partial charge is 0.246 e. The molecule has 4 unspecified atom stereocenters. The van der Waals surface area contributed by atoms with Crippen molar-refractivity contribution in [2.45, 2.75) is 77.0 Å². The van der Waals surface area contributed by atoms with E-state index >= 15 is 0 Å². The maximum absolute atomic E-state index is 14.2. The Hall–Kier alpha value is -4.31. The summed E-state index contributed by atoms with van der Waals surface area (Å²) in [6.07, 6.45) is 1.54. The van der Waals surface area contributed by atoms with Gasteiger partial charge in [-0.2, -0.15) is 0 Å². The second kappa shape index (κ2) is 14.2. The lowest BCUT2D eigenvalue weighted by atomic mass is 9.90. The predicted octanol–water partition coefficient (Wildman–Crippen LogP) is 3.32. The van der Waals surface area contributed by atoms with E-state index in [0.717, 1.165) is 16.3 Å². The van der Waals surface area contributed by atoms with Crippen molar-refractivity contribution >= 4 is 34.4 Å². The highest BCUT2D eigenvalue weighted by molar-refractivity contribution is 5.95. The maximum Gasteiger partial charge on any atom is 0.246 e. The van der Waals surface area contributed by atoms with Gasteiger partial charge in [0.2, 0.25) is 23.6 Å². The summed E-state index contributed by atoms with van der Waals surface area (Å²) in [6, 6.07) is 17.4. The van der Waals surface area contributed by atoms with Gasteiger partial charge in [0.1, 0.15) is 17.9 Å². The van der Waals surface area contributed by atoms with Crippen LogP contribution < -0.4 is 16.8 Å². The fraction of sp³-hybridized carbons (Fsp3) is 0.429. The zero-order valence-electron chi connectivity index (χ0n) is 26.5. The summed E-state index contributed by atoms with van der Waals surface area (Å²) >= 11 is 0. The number of nitrogens with zero attached hydrogens (tertiary/aromatic N) is 2. The summed E-state index contributed by atoms with van der Waals surface area (Å²) in [7, 11) is 0. The number of carbonyl (C=O) groups excluding carboxylic acids is 4. The fourth-order valence-corrected chi connectivity index (χ4v) is 5.91. The summed E-state index contributed by atoms with van der Waals surface area (Å²) in [5.41, 5.74) is 12.2. The van der Waals surface area contributed by atoms with E-state index in [1.165, 1.54) is 17.0 Å². The largest absolute Gasteiger partial charge is 0.369 e. The Balaban J connectivity index is 1.62. The number of rotatable bonds is 12. The van der Waals surface area contributed by atoms with Crippen molar-refractivity contribution in [3.05, 3.63) is 83.7 Å². The van der Waals surface area contributed by atoms with Gasteiger partial charge < -0.3 is 26.6 Å². The van der Waals surface area contributed by atoms with Crippen LogP contribution in [0, 0.1) is 11.7 Å². The number of fused-ring (bicyclic) bond motifs is 1. The lowest BCUT2D eigenvalue weighted by molar-refractivity contribution is -0.156. The molecule has 3 aromatic rings. The van der Waals surface area contributed by atoms with Crippen molar-refractivity contribution in [1.82, 2.24) is 15.1 Å². The van der Waals surface area contributed by atoms with Gasteiger partial charge in [-0.25, -0.2) is 4.39 Å². The molecular formula is C35H44FN5O4. The molecule has 0 radical (unpaired) electrons. The van der Waals surface area contributed by atoms with E-state index in [2.05, 4.69) is 11.4 Å². The summed E-state index contributed by atoms with van der Waals surface area (Å²) in [5, 5.41) is 4.92.